The maximum absolute atomic E-state index is 13.1. The molecule has 27 heavy (non-hydrogen) atoms. The first kappa shape index (κ1) is 18.1. The molecule has 0 unspecified atom stereocenters. The molecule has 1 saturated carbocycles. The van der Waals surface area contributed by atoms with E-state index in [9.17, 15) is 13.6 Å². The summed E-state index contributed by atoms with van der Waals surface area (Å²) in [6, 6.07) is 1.21. The molecule has 0 saturated heterocycles. The molecule has 1 amide bonds. The molecule has 2 aliphatic rings. The van der Waals surface area contributed by atoms with Crippen molar-refractivity contribution < 1.29 is 13.6 Å². The van der Waals surface area contributed by atoms with Crippen molar-refractivity contribution in [2.75, 3.05) is 6.54 Å². The number of carbonyl (C=O) groups is 1. The Hall–Kier alpha value is -2.32. The van der Waals surface area contributed by atoms with Crippen LogP contribution in [0.15, 0.2) is 6.07 Å². The van der Waals surface area contributed by atoms with Crippen LogP contribution in [0, 0.1) is 12.8 Å². The molecule has 1 atom stereocenters. The highest BCUT2D eigenvalue weighted by Gasteiger charge is 2.38. The highest BCUT2D eigenvalue weighted by Crippen LogP contribution is 2.40. The second-order valence-corrected chi connectivity index (χ2v) is 7.86. The first-order valence-electron chi connectivity index (χ1n) is 9.45. The number of hydrogen-bond acceptors (Lipinski definition) is 4. The SMILES string of the molecule is Cc1cc(C(=O)N2CCn3nc(C4CC4)nc3[C@@H]2CC(C)C)nn1C(F)F. The van der Waals surface area contributed by atoms with E-state index in [0.717, 1.165) is 30.9 Å². The summed E-state index contributed by atoms with van der Waals surface area (Å²) in [5, 5.41) is 8.46. The number of aryl methyl sites for hydroxylation is 1. The number of fused-ring (bicyclic) bond motifs is 1. The number of hydrogen-bond donors (Lipinski definition) is 0. The number of alkyl halides is 2. The Kier molecular flexibility index (Phi) is 4.47. The Morgan fingerprint density at radius 3 is 2.59 bits per heavy atom. The zero-order valence-electron chi connectivity index (χ0n) is 15.8. The van der Waals surface area contributed by atoms with Crippen LogP contribution in [-0.4, -0.2) is 41.9 Å². The van der Waals surface area contributed by atoms with E-state index in [1.54, 1.807) is 4.90 Å². The molecule has 0 spiro atoms. The van der Waals surface area contributed by atoms with Gasteiger partial charge in [-0.2, -0.15) is 19.0 Å². The highest BCUT2D eigenvalue weighted by atomic mass is 19.3. The van der Waals surface area contributed by atoms with Crippen LogP contribution in [0.2, 0.25) is 0 Å². The quantitative estimate of drug-likeness (QED) is 0.801. The summed E-state index contributed by atoms with van der Waals surface area (Å²) in [4.78, 5) is 19.5. The lowest BCUT2D eigenvalue weighted by Crippen LogP contribution is -2.43. The van der Waals surface area contributed by atoms with Gasteiger partial charge in [-0.15, -0.1) is 0 Å². The first-order chi connectivity index (χ1) is 12.8. The van der Waals surface area contributed by atoms with Crippen LogP contribution in [-0.2, 0) is 6.54 Å². The van der Waals surface area contributed by atoms with Crippen molar-refractivity contribution in [1.82, 2.24) is 29.4 Å². The van der Waals surface area contributed by atoms with E-state index in [-0.39, 0.29) is 23.3 Å². The monoisotopic (exact) mass is 378 g/mol. The first-order valence-corrected chi connectivity index (χ1v) is 9.45. The van der Waals surface area contributed by atoms with Gasteiger partial charge in [0, 0.05) is 18.2 Å². The molecule has 2 aromatic rings. The van der Waals surface area contributed by atoms with Crippen LogP contribution in [0.25, 0.3) is 0 Å². The maximum Gasteiger partial charge on any atom is 0.333 e. The summed E-state index contributed by atoms with van der Waals surface area (Å²) in [6.07, 6.45) is 2.97. The predicted octanol–water partition coefficient (Wildman–Crippen LogP) is 3.30. The number of aromatic nitrogens is 5. The Balaban J connectivity index is 1.66. The minimum Gasteiger partial charge on any atom is -0.325 e. The van der Waals surface area contributed by atoms with E-state index < -0.39 is 6.55 Å². The van der Waals surface area contributed by atoms with Gasteiger partial charge in [-0.3, -0.25) is 4.79 Å². The van der Waals surface area contributed by atoms with E-state index in [1.165, 1.54) is 13.0 Å². The lowest BCUT2D eigenvalue weighted by atomic mass is 10.00. The minimum absolute atomic E-state index is 0.0527. The smallest absolute Gasteiger partial charge is 0.325 e. The molecule has 0 aromatic carbocycles. The van der Waals surface area contributed by atoms with Crippen molar-refractivity contribution in [2.45, 2.75) is 65.1 Å². The maximum atomic E-state index is 13.1. The molecule has 7 nitrogen and oxygen atoms in total. The van der Waals surface area contributed by atoms with Gasteiger partial charge < -0.3 is 4.90 Å². The summed E-state index contributed by atoms with van der Waals surface area (Å²) < 4.78 is 28.6. The molecular weight excluding hydrogens is 354 g/mol. The third-order valence-electron chi connectivity index (χ3n) is 5.17. The second kappa shape index (κ2) is 6.69. The van der Waals surface area contributed by atoms with Crippen LogP contribution >= 0.6 is 0 Å². The topological polar surface area (TPSA) is 68.8 Å². The lowest BCUT2D eigenvalue weighted by molar-refractivity contribution is 0.0502. The van der Waals surface area contributed by atoms with E-state index >= 15 is 0 Å². The zero-order valence-corrected chi connectivity index (χ0v) is 15.8. The Morgan fingerprint density at radius 1 is 1.26 bits per heavy atom. The number of nitrogens with zero attached hydrogens (tertiary/aromatic N) is 6. The van der Waals surface area contributed by atoms with E-state index in [0.29, 0.717) is 29.6 Å². The molecule has 1 fully saturated rings. The number of rotatable bonds is 5. The van der Waals surface area contributed by atoms with Crippen LogP contribution in [0.3, 0.4) is 0 Å². The van der Waals surface area contributed by atoms with Gasteiger partial charge in [0.05, 0.1) is 12.6 Å². The van der Waals surface area contributed by atoms with Gasteiger partial charge >= 0.3 is 6.55 Å². The molecule has 0 radical (unpaired) electrons. The van der Waals surface area contributed by atoms with Gasteiger partial charge in [-0.05, 0) is 38.2 Å². The fraction of sp³-hybridized carbons (Fsp3) is 0.667. The van der Waals surface area contributed by atoms with Crippen molar-refractivity contribution >= 4 is 5.91 Å². The minimum atomic E-state index is -2.76. The average Bonchev–Trinajstić information content (AvgIpc) is 3.23. The number of carbonyl (C=O) groups excluding carboxylic acids is 1. The van der Waals surface area contributed by atoms with Crippen LogP contribution in [0.4, 0.5) is 8.78 Å². The van der Waals surface area contributed by atoms with Crippen LogP contribution in [0.5, 0.6) is 0 Å². The van der Waals surface area contributed by atoms with Gasteiger partial charge in [0.2, 0.25) is 0 Å². The van der Waals surface area contributed by atoms with Gasteiger partial charge in [-0.25, -0.2) is 14.3 Å². The molecule has 146 valence electrons. The molecule has 0 bridgehead atoms. The highest BCUT2D eigenvalue weighted by molar-refractivity contribution is 5.92. The predicted molar refractivity (Wildman–Crippen MR) is 93.4 cm³/mol. The molecule has 1 aliphatic carbocycles. The standard InChI is InChI=1S/C18H24F2N6O/c1-10(2)8-14-16-21-15(12-4-5-12)23-25(16)7-6-24(14)17(27)13-9-11(3)26(22-13)18(19)20/h9-10,12,14,18H,4-8H2,1-3H3/t14-/m0/s1. The van der Waals surface area contributed by atoms with Crippen LogP contribution < -0.4 is 0 Å². The van der Waals surface area contributed by atoms with Gasteiger partial charge in [0.15, 0.2) is 11.5 Å². The van der Waals surface area contributed by atoms with Crippen molar-refractivity contribution in [2.24, 2.45) is 5.92 Å². The van der Waals surface area contributed by atoms with Crippen molar-refractivity contribution in [3.05, 3.63) is 29.1 Å². The molecule has 1 aliphatic heterocycles. The Labute approximate surface area is 156 Å². The molecular formula is C18H24F2N6O. The lowest BCUT2D eigenvalue weighted by Gasteiger charge is -2.35. The summed E-state index contributed by atoms with van der Waals surface area (Å²) in [5.74, 6) is 2.13. The van der Waals surface area contributed by atoms with Crippen molar-refractivity contribution in [3.8, 4) is 0 Å². The van der Waals surface area contributed by atoms with Gasteiger partial charge in [0.25, 0.3) is 5.91 Å². The molecule has 3 heterocycles. The largest absolute Gasteiger partial charge is 0.333 e. The van der Waals surface area contributed by atoms with E-state index in [2.05, 4.69) is 24.0 Å². The van der Waals surface area contributed by atoms with E-state index in [4.69, 9.17) is 4.98 Å². The second-order valence-electron chi connectivity index (χ2n) is 7.86. The summed E-state index contributed by atoms with van der Waals surface area (Å²) in [7, 11) is 0. The summed E-state index contributed by atoms with van der Waals surface area (Å²) >= 11 is 0. The fourth-order valence-corrected chi connectivity index (χ4v) is 3.65. The van der Waals surface area contributed by atoms with Gasteiger partial charge in [-0.1, -0.05) is 13.8 Å². The normalized spacial score (nSPS) is 19.8. The average molecular weight is 378 g/mol. The number of amides is 1. The zero-order chi connectivity index (χ0) is 19.3. The summed E-state index contributed by atoms with van der Waals surface area (Å²) in [5.41, 5.74) is 0.321. The summed E-state index contributed by atoms with van der Waals surface area (Å²) in [6.45, 7) is 3.98. The molecule has 2 aromatic heterocycles. The van der Waals surface area contributed by atoms with E-state index in [1.807, 2.05) is 4.68 Å². The number of halogens is 2. The third kappa shape index (κ3) is 3.35. The van der Waals surface area contributed by atoms with Crippen LogP contribution in [0.1, 0.15) is 79.5 Å². The fourth-order valence-electron chi connectivity index (χ4n) is 3.65. The Morgan fingerprint density at radius 2 is 2.00 bits per heavy atom. The molecule has 9 heteroatoms. The Bertz CT molecular complexity index is 854. The van der Waals surface area contributed by atoms with Crippen molar-refractivity contribution in [3.63, 3.8) is 0 Å². The van der Waals surface area contributed by atoms with Crippen molar-refractivity contribution in [1.29, 1.82) is 0 Å². The molecule has 0 N–H and O–H groups in total. The molecule has 4 rings (SSSR count). The van der Waals surface area contributed by atoms with Gasteiger partial charge in [0.1, 0.15) is 5.82 Å². The third-order valence-corrected chi connectivity index (χ3v) is 5.17.